The highest BCUT2D eigenvalue weighted by atomic mass is 16.2. The minimum absolute atomic E-state index is 0.252. The predicted molar refractivity (Wildman–Crippen MR) is 113 cm³/mol. The van der Waals surface area contributed by atoms with Crippen LogP contribution < -0.4 is 11.2 Å². The molecule has 4 rings (SSSR count). The zero-order chi connectivity index (χ0) is 19.3. The van der Waals surface area contributed by atoms with Crippen LogP contribution in [0, 0.1) is 0 Å². The van der Waals surface area contributed by atoms with E-state index in [9.17, 15) is 9.59 Å². The number of fused-ring (bicyclic) bond motifs is 1. The molecule has 0 amide bonds. The molecule has 0 spiro atoms. The fourth-order valence-electron chi connectivity index (χ4n) is 3.31. The number of hydrogen-bond acceptors (Lipinski definition) is 2. The quantitative estimate of drug-likeness (QED) is 0.536. The van der Waals surface area contributed by atoms with Crippen molar-refractivity contribution >= 4 is 16.8 Å². The van der Waals surface area contributed by atoms with Crippen molar-refractivity contribution in [1.29, 1.82) is 0 Å². The molecule has 28 heavy (non-hydrogen) atoms. The van der Waals surface area contributed by atoms with Gasteiger partial charge in [0, 0.05) is 18.8 Å². The Balaban J connectivity index is 1.64. The number of rotatable bonds is 5. The van der Waals surface area contributed by atoms with E-state index in [0.717, 1.165) is 21.9 Å². The molecule has 0 aliphatic carbocycles. The summed E-state index contributed by atoms with van der Waals surface area (Å²) in [4.78, 5) is 25.2. The van der Waals surface area contributed by atoms with Crippen LogP contribution in [0.25, 0.3) is 16.8 Å². The zero-order valence-electron chi connectivity index (χ0n) is 15.4. The Morgan fingerprint density at radius 3 is 2.39 bits per heavy atom. The van der Waals surface area contributed by atoms with Gasteiger partial charge in [-0.3, -0.25) is 13.9 Å². The van der Waals surface area contributed by atoms with Gasteiger partial charge in [0.15, 0.2) is 0 Å². The van der Waals surface area contributed by atoms with E-state index in [1.165, 1.54) is 10.6 Å². The summed E-state index contributed by atoms with van der Waals surface area (Å²) in [5.74, 6) is 0. The smallest absolute Gasteiger partial charge is 0.297 e. The Hall–Kier alpha value is -3.66. The molecule has 1 heterocycles. The van der Waals surface area contributed by atoms with E-state index in [-0.39, 0.29) is 17.8 Å². The fourth-order valence-corrected chi connectivity index (χ4v) is 3.31. The summed E-state index contributed by atoms with van der Waals surface area (Å²) in [6.45, 7) is 0.659. The maximum absolute atomic E-state index is 12.9. The Bertz CT molecular complexity index is 1250. The van der Waals surface area contributed by atoms with Gasteiger partial charge in [-0.25, -0.2) is 4.79 Å². The summed E-state index contributed by atoms with van der Waals surface area (Å²) in [5, 5.41) is 2.14. The first kappa shape index (κ1) is 17.7. The fraction of sp³-hybridized carbons (Fsp3) is 0.0833. The van der Waals surface area contributed by atoms with Gasteiger partial charge in [-0.15, -0.1) is 0 Å². The second kappa shape index (κ2) is 7.92. The first-order chi connectivity index (χ1) is 13.7. The van der Waals surface area contributed by atoms with Crippen LogP contribution in [0.5, 0.6) is 0 Å². The van der Waals surface area contributed by atoms with Crippen molar-refractivity contribution < 1.29 is 0 Å². The monoisotopic (exact) mass is 368 g/mol. The van der Waals surface area contributed by atoms with Crippen molar-refractivity contribution in [3.8, 4) is 0 Å². The van der Waals surface area contributed by atoms with Crippen LogP contribution in [0.4, 0.5) is 0 Å². The molecule has 4 aromatic rings. The van der Waals surface area contributed by atoms with E-state index in [2.05, 4.69) is 0 Å². The predicted octanol–water partition coefficient (Wildman–Crippen LogP) is 3.92. The Morgan fingerprint density at radius 2 is 1.54 bits per heavy atom. The van der Waals surface area contributed by atoms with Crippen molar-refractivity contribution in [3.05, 3.63) is 123 Å². The average Bonchev–Trinajstić information content (AvgIpc) is 2.73. The van der Waals surface area contributed by atoms with E-state index in [0.29, 0.717) is 6.54 Å². The molecule has 4 heteroatoms. The summed E-state index contributed by atoms with van der Waals surface area (Å²) in [7, 11) is 0. The maximum Gasteiger partial charge on any atom is 0.331 e. The lowest BCUT2D eigenvalue weighted by atomic mass is 10.0. The molecule has 0 radical (unpaired) electrons. The van der Waals surface area contributed by atoms with Gasteiger partial charge in [0.2, 0.25) is 0 Å². The molecule has 3 aromatic carbocycles. The van der Waals surface area contributed by atoms with Crippen LogP contribution in [-0.4, -0.2) is 9.13 Å². The van der Waals surface area contributed by atoms with Crippen LogP contribution in [0.1, 0.15) is 11.1 Å². The SMILES string of the molecule is O=c1ccn(C/C=C/c2ccccc2)c(=O)n1Cc1cccc2ccccc12. The van der Waals surface area contributed by atoms with Crippen LogP contribution in [0.15, 0.2) is 101 Å². The second-order valence-corrected chi connectivity index (χ2v) is 6.63. The van der Waals surface area contributed by atoms with E-state index < -0.39 is 0 Å². The first-order valence-electron chi connectivity index (χ1n) is 9.21. The summed E-state index contributed by atoms with van der Waals surface area (Å²) >= 11 is 0. The van der Waals surface area contributed by atoms with Gasteiger partial charge in [0.25, 0.3) is 5.56 Å². The van der Waals surface area contributed by atoms with Gasteiger partial charge in [-0.1, -0.05) is 84.9 Å². The third-order valence-electron chi connectivity index (χ3n) is 4.76. The third-order valence-corrected chi connectivity index (χ3v) is 4.76. The van der Waals surface area contributed by atoms with Gasteiger partial charge in [0.1, 0.15) is 0 Å². The van der Waals surface area contributed by atoms with E-state index in [1.54, 1.807) is 10.8 Å². The highest BCUT2D eigenvalue weighted by Gasteiger charge is 2.07. The molecule has 138 valence electrons. The summed E-state index contributed by atoms with van der Waals surface area (Å²) < 4.78 is 2.84. The van der Waals surface area contributed by atoms with E-state index in [1.807, 2.05) is 84.9 Å². The summed E-state index contributed by atoms with van der Waals surface area (Å²) in [5.41, 5.74) is 1.42. The lowest BCUT2D eigenvalue weighted by Crippen LogP contribution is -2.39. The molecule has 0 unspecified atom stereocenters. The van der Waals surface area contributed by atoms with Crippen LogP contribution in [0.3, 0.4) is 0 Å². The topological polar surface area (TPSA) is 44.0 Å². The lowest BCUT2D eigenvalue weighted by molar-refractivity contribution is 0.620. The van der Waals surface area contributed by atoms with Crippen molar-refractivity contribution in [1.82, 2.24) is 9.13 Å². The standard InChI is InChI=1S/C24H20N2O2/c27-23-15-17-25(16-7-10-19-8-2-1-3-9-19)24(28)26(23)18-21-13-6-12-20-11-4-5-14-22(20)21/h1-15,17H,16,18H2/b10-7+. The van der Waals surface area contributed by atoms with Crippen molar-refractivity contribution in [2.45, 2.75) is 13.1 Å². The second-order valence-electron chi connectivity index (χ2n) is 6.63. The number of aromatic nitrogens is 2. The molecule has 0 bridgehead atoms. The van der Waals surface area contributed by atoms with Crippen LogP contribution in [-0.2, 0) is 13.1 Å². The van der Waals surface area contributed by atoms with Gasteiger partial charge >= 0.3 is 5.69 Å². The minimum atomic E-state index is -0.307. The molecule has 0 saturated carbocycles. The van der Waals surface area contributed by atoms with Crippen molar-refractivity contribution in [3.63, 3.8) is 0 Å². The van der Waals surface area contributed by atoms with Gasteiger partial charge in [-0.2, -0.15) is 0 Å². The molecule has 0 aliphatic rings. The highest BCUT2D eigenvalue weighted by Crippen LogP contribution is 2.18. The molecule has 0 fully saturated rings. The molecule has 0 saturated heterocycles. The molecule has 0 aliphatic heterocycles. The van der Waals surface area contributed by atoms with Gasteiger partial charge < -0.3 is 0 Å². The minimum Gasteiger partial charge on any atom is -0.297 e. The van der Waals surface area contributed by atoms with Gasteiger partial charge in [0.05, 0.1) is 6.54 Å². The van der Waals surface area contributed by atoms with E-state index in [4.69, 9.17) is 0 Å². The van der Waals surface area contributed by atoms with Crippen molar-refractivity contribution in [2.75, 3.05) is 0 Å². The first-order valence-corrected chi connectivity index (χ1v) is 9.21. The maximum atomic E-state index is 12.9. The molecule has 0 atom stereocenters. The number of allylic oxidation sites excluding steroid dienone is 1. The normalized spacial score (nSPS) is 11.3. The Labute approximate surface area is 162 Å². The van der Waals surface area contributed by atoms with Gasteiger partial charge in [-0.05, 0) is 21.9 Å². The summed E-state index contributed by atoms with van der Waals surface area (Å²) in [6, 6.07) is 25.3. The largest absolute Gasteiger partial charge is 0.331 e. The molecular weight excluding hydrogens is 348 g/mol. The van der Waals surface area contributed by atoms with Crippen molar-refractivity contribution in [2.24, 2.45) is 0 Å². The molecule has 0 N–H and O–H groups in total. The lowest BCUT2D eigenvalue weighted by Gasteiger charge is -2.10. The van der Waals surface area contributed by atoms with Crippen LogP contribution >= 0.6 is 0 Å². The molecule has 1 aromatic heterocycles. The Morgan fingerprint density at radius 1 is 0.786 bits per heavy atom. The number of benzene rings is 3. The van der Waals surface area contributed by atoms with E-state index >= 15 is 0 Å². The molecular formula is C24H20N2O2. The number of nitrogens with zero attached hydrogens (tertiary/aromatic N) is 2. The molecule has 4 nitrogen and oxygen atoms in total. The summed E-state index contributed by atoms with van der Waals surface area (Å²) in [6.07, 6.45) is 5.44. The Kier molecular flexibility index (Phi) is 5.02. The average molecular weight is 368 g/mol. The zero-order valence-corrected chi connectivity index (χ0v) is 15.4. The third kappa shape index (κ3) is 3.71. The van der Waals surface area contributed by atoms with Crippen LogP contribution in [0.2, 0.25) is 0 Å². The highest BCUT2D eigenvalue weighted by molar-refractivity contribution is 5.85. The number of hydrogen-bond donors (Lipinski definition) is 0.